The van der Waals surface area contributed by atoms with Crippen LogP contribution in [0, 0.1) is 5.92 Å². The van der Waals surface area contributed by atoms with Crippen molar-refractivity contribution in [1.82, 2.24) is 19.9 Å². The maximum Gasteiger partial charge on any atom is 0.182 e. The van der Waals surface area contributed by atoms with Crippen molar-refractivity contribution < 1.29 is 5.11 Å². The lowest BCUT2D eigenvalue weighted by molar-refractivity contribution is 0.238. The van der Waals surface area contributed by atoms with Crippen molar-refractivity contribution >= 4 is 17.0 Å². The fourth-order valence-corrected chi connectivity index (χ4v) is 2.17. The monoisotopic (exact) mass is 219 g/mol. The third-order valence-corrected chi connectivity index (χ3v) is 3.05. The van der Waals surface area contributed by atoms with Crippen molar-refractivity contribution in [3.8, 4) is 0 Å². The summed E-state index contributed by atoms with van der Waals surface area (Å²) in [6.07, 6.45) is 4.17. The average Bonchev–Trinajstić information content (AvgIpc) is 2.97. The molecular weight excluding hydrogens is 206 g/mol. The molecule has 3 heterocycles. The minimum atomic E-state index is 0.244. The number of anilines is 1. The van der Waals surface area contributed by atoms with Crippen LogP contribution in [0.3, 0.4) is 0 Å². The Bertz CT molecular complexity index is 497. The van der Waals surface area contributed by atoms with Gasteiger partial charge in [0, 0.05) is 25.6 Å². The van der Waals surface area contributed by atoms with Gasteiger partial charge >= 0.3 is 0 Å². The minimum Gasteiger partial charge on any atom is -0.396 e. The molecular formula is C10H13N5O. The summed E-state index contributed by atoms with van der Waals surface area (Å²) < 4.78 is 0. The second-order valence-corrected chi connectivity index (χ2v) is 4.08. The van der Waals surface area contributed by atoms with Crippen LogP contribution >= 0.6 is 0 Å². The number of rotatable bonds is 2. The van der Waals surface area contributed by atoms with Gasteiger partial charge in [-0.1, -0.05) is 0 Å². The molecule has 1 aliphatic heterocycles. The van der Waals surface area contributed by atoms with Crippen molar-refractivity contribution in [2.45, 2.75) is 6.42 Å². The van der Waals surface area contributed by atoms with E-state index in [0.717, 1.165) is 30.8 Å². The summed E-state index contributed by atoms with van der Waals surface area (Å²) in [7, 11) is 0. The van der Waals surface area contributed by atoms with Gasteiger partial charge in [-0.25, -0.2) is 15.0 Å². The zero-order valence-corrected chi connectivity index (χ0v) is 8.80. The Morgan fingerprint density at radius 2 is 2.38 bits per heavy atom. The lowest BCUT2D eigenvalue weighted by atomic mass is 10.1. The van der Waals surface area contributed by atoms with Crippen molar-refractivity contribution in [1.29, 1.82) is 0 Å². The molecule has 1 saturated heterocycles. The Balaban J connectivity index is 1.97. The number of aliphatic hydroxyl groups is 1. The van der Waals surface area contributed by atoms with Crippen molar-refractivity contribution in [3.63, 3.8) is 0 Å². The number of nitrogens with one attached hydrogen (secondary N) is 1. The molecule has 1 atom stereocenters. The highest BCUT2D eigenvalue weighted by molar-refractivity contribution is 5.82. The number of hydrogen-bond donors (Lipinski definition) is 2. The lowest BCUT2D eigenvalue weighted by Crippen LogP contribution is -2.22. The summed E-state index contributed by atoms with van der Waals surface area (Å²) in [5.74, 6) is 1.24. The zero-order chi connectivity index (χ0) is 11.0. The molecule has 6 nitrogen and oxygen atoms in total. The summed E-state index contributed by atoms with van der Waals surface area (Å²) in [5, 5.41) is 9.12. The maximum absolute atomic E-state index is 9.12. The first-order valence-corrected chi connectivity index (χ1v) is 5.38. The van der Waals surface area contributed by atoms with Crippen LogP contribution in [0.1, 0.15) is 6.42 Å². The predicted octanol–water partition coefficient (Wildman–Crippen LogP) is 0.172. The SMILES string of the molecule is OCC1CCN(c2ncnc3nc[nH]c23)C1. The predicted molar refractivity (Wildman–Crippen MR) is 59.1 cm³/mol. The molecule has 2 N–H and O–H groups in total. The largest absolute Gasteiger partial charge is 0.396 e. The highest BCUT2D eigenvalue weighted by Crippen LogP contribution is 2.25. The fourth-order valence-electron chi connectivity index (χ4n) is 2.17. The van der Waals surface area contributed by atoms with Gasteiger partial charge in [0.25, 0.3) is 0 Å². The van der Waals surface area contributed by atoms with Gasteiger partial charge < -0.3 is 15.0 Å². The average molecular weight is 219 g/mol. The molecule has 0 spiro atoms. The second-order valence-electron chi connectivity index (χ2n) is 4.08. The molecule has 2 aromatic rings. The van der Waals surface area contributed by atoms with Crippen LogP contribution in [0.5, 0.6) is 0 Å². The van der Waals surface area contributed by atoms with Gasteiger partial charge in [0.2, 0.25) is 0 Å². The quantitative estimate of drug-likeness (QED) is 0.753. The molecule has 1 unspecified atom stereocenters. The van der Waals surface area contributed by atoms with Gasteiger partial charge in [0.05, 0.1) is 6.33 Å². The lowest BCUT2D eigenvalue weighted by Gasteiger charge is -2.16. The van der Waals surface area contributed by atoms with Crippen LogP contribution in [-0.4, -0.2) is 44.7 Å². The van der Waals surface area contributed by atoms with Crippen molar-refractivity contribution in [2.75, 3.05) is 24.6 Å². The smallest absolute Gasteiger partial charge is 0.182 e. The number of H-pyrrole nitrogens is 1. The number of fused-ring (bicyclic) bond motifs is 1. The maximum atomic E-state index is 9.12. The molecule has 2 aromatic heterocycles. The van der Waals surface area contributed by atoms with Crippen LogP contribution in [-0.2, 0) is 0 Å². The molecule has 1 fully saturated rings. The summed E-state index contributed by atoms with van der Waals surface area (Å²) in [4.78, 5) is 17.7. The summed E-state index contributed by atoms with van der Waals surface area (Å²) in [6, 6.07) is 0. The molecule has 16 heavy (non-hydrogen) atoms. The van der Waals surface area contributed by atoms with E-state index < -0.39 is 0 Å². The minimum absolute atomic E-state index is 0.244. The van der Waals surface area contributed by atoms with E-state index in [2.05, 4.69) is 24.8 Å². The first-order chi connectivity index (χ1) is 7.88. The van der Waals surface area contributed by atoms with Crippen LogP contribution in [0.15, 0.2) is 12.7 Å². The molecule has 0 amide bonds. The number of hydrogen-bond acceptors (Lipinski definition) is 5. The molecule has 84 valence electrons. The van der Waals surface area contributed by atoms with Crippen LogP contribution < -0.4 is 4.90 Å². The van der Waals surface area contributed by atoms with Gasteiger partial charge in [-0.2, -0.15) is 0 Å². The molecule has 0 radical (unpaired) electrons. The molecule has 0 aliphatic carbocycles. The molecule has 0 saturated carbocycles. The Labute approximate surface area is 92.4 Å². The third kappa shape index (κ3) is 1.42. The molecule has 1 aliphatic rings. The zero-order valence-electron chi connectivity index (χ0n) is 8.80. The summed E-state index contributed by atoms with van der Waals surface area (Å²) in [5.41, 5.74) is 1.57. The highest BCUT2D eigenvalue weighted by atomic mass is 16.3. The molecule has 0 aromatic carbocycles. The number of aliphatic hydroxyl groups excluding tert-OH is 1. The molecule has 6 heteroatoms. The first-order valence-electron chi connectivity index (χ1n) is 5.38. The second kappa shape index (κ2) is 3.71. The standard InChI is InChI=1S/C10H13N5O/c16-4-7-1-2-15(3-7)10-8-9(12-5-11-8)13-6-14-10/h5-7,16H,1-4H2,(H,11,12,13,14). The van der Waals surface area contributed by atoms with Crippen molar-refractivity contribution in [3.05, 3.63) is 12.7 Å². The topological polar surface area (TPSA) is 77.9 Å². The Morgan fingerprint density at radius 3 is 3.19 bits per heavy atom. The van der Waals surface area contributed by atoms with Crippen LogP contribution in [0.2, 0.25) is 0 Å². The highest BCUT2D eigenvalue weighted by Gasteiger charge is 2.24. The fraction of sp³-hybridized carbons (Fsp3) is 0.500. The normalized spacial score (nSPS) is 20.8. The van der Waals surface area contributed by atoms with Gasteiger partial charge in [0.15, 0.2) is 11.5 Å². The van der Waals surface area contributed by atoms with Crippen LogP contribution in [0.25, 0.3) is 11.2 Å². The van der Waals surface area contributed by atoms with E-state index in [1.165, 1.54) is 6.33 Å². The van der Waals surface area contributed by atoms with Gasteiger partial charge in [0.1, 0.15) is 11.8 Å². The van der Waals surface area contributed by atoms with E-state index >= 15 is 0 Å². The number of imidazole rings is 1. The van der Waals surface area contributed by atoms with Crippen molar-refractivity contribution in [2.24, 2.45) is 5.92 Å². The molecule has 3 rings (SSSR count). The van der Waals surface area contributed by atoms with Gasteiger partial charge in [-0.15, -0.1) is 0 Å². The summed E-state index contributed by atoms with van der Waals surface area (Å²) in [6.45, 7) is 2.02. The van der Waals surface area contributed by atoms with E-state index in [0.29, 0.717) is 11.6 Å². The van der Waals surface area contributed by atoms with E-state index in [-0.39, 0.29) is 6.61 Å². The van der Waals surface area contributed by atoms with E-state index in [1.54, 1.807) is 6.33 Å². The number of aromatic amines is 1. The van der Waals surface area contributed by atoms with Gasteiger partial charge in [-0.05, 0) is 6.42 Å². The first kappa shape index (κ1) is 9.53. The molecule has 0 bridgehead atoms. The Morgan fingerprint density at radius 1 is 1.44 bits per heavy atom. The Hall–Kier alpha value is -1.69. The van der Waals surface area contributed by atoms with E-state index in [9.17, 15) is 0 Å². The number of aromatic nitrogens is 4. The third-order valence-electron chi connectivity index (χ3n) is 3.05. The summed E-state index contributed by atoms with van der Waals surface area (Å²) >= 11 is 0. The number of nitrogens with zero attached hydrogens (tertiary/aromatic N) is 4. The Kier molecular flexibility index (Phi) is 2.21. The van der Waals surface area contributed by atoms with E-state index in [4.69, 9.17) is 5.11 Å². The van der Waals surface area contributed by atoms with Gasteiger partial charge in [-0.3, -0.25) is 0 Å². The van der Waals surface area contributed by atoms with E-state index in [1.807, 2.05) is 0 Å². The van der Waals surface area contributed by atoms with Crippen LogP contribution in [0.4, 0.5) is 5.82 Å².